The predicted molar refractivity (Wildman–Crippen MR) is 65.7 cm³/mol. The van der Waals surface area contributed by atoms with Gasteiger partial charge in [0.2, 0.25) is 11.7 Å². The van der Waals surface area contributed by atoms with Crippen molar-refractivity contribution in [1.29, 1.82) is 0 Å². The number of nitrogens with zero attached hydrogens (tertiary/aromatic N) is 2. The first kappa shape index (κ1) is 12.2. The lowest BCUT2D eigenvalue weighted by atomic mass is 9.93. The maximum absolute atomic E-state index is 11.0. The fourth-order valence-corrected chi connectivity index (χ4v) is 2.09. The summed E-state index contributed by atoms with van der Waals surface area (Å²) in [6, 6.07) is 0. The first-order chi connectivity index (χ1) is 8.50. The average Bonchev–Trinajstić information content (AvgIpc) is 2.65. The Bertz CT molecular complexity index is 553. The number of aryl methyl sites for hydroxylation is 1. The van der Waals surface area contributed by atoms with E-state index in [0.29, 0.717) is 29.9 Å². The lowest BCUT2D eigenvalue weighted by Gasteiger charge is -2.11. The predicted octanol–water partition coefficient (Wildman–Crippen LogP) is 0.600. The van der Waals surface area contributed by atoms with Gasteiger partial charge in [-0.3, -0.25) is 0 Å². The Morgan fingerprint density at radius 3 is 2.72 bits per heavy atom. The summed E-state index contributed by atoms with van der Waals surface area (Å²) in [5.74, 6) is -0.614. The zero-order valence-corrected chi connectivity index (χ0v) is 9.93. The third-order valence-corrected chi connectivity index (χ3v) is 2.81. The zero-order valence-electron chi connectivity index (χ0n) is 9.93. The number of carbonyl (C=O) groups is 1. The second-order valence-electron chi connectivity index (χ2n) is 4.08. The number of furan rings is 1. The van der Waals surface area contributed by atoms with E-state index in [-0.39, 0.29) is 11.7 Å². The Labute approximate surface area is 103 Å². The van der Waals surface area contributed by atoms with Crippen LogP contribution in [0.1, 0.15) is 40.3 Å². The smallest absolute Gasteiger partial charge is 0.372 e. The maximum atomic E-state index is 11.0. The fraction of sp³-hybridized carbons (Fsp3) is 0.364. The van der Waals surface area contributed by atoms with Crippen LogP contribution in [0.3, 0.4) is 0 Å². The van der Waals surface area contributed by atoms with Gasteiger partial charge in [-0.05, 0) is 19.8 Å². The van der Waals surface area contributed by atoms with Crippen molar-refractivity contribution in [2.24, 2.45) is 21.7 Å². The van der Waals surface area contributed by atoms with E-state index < -0.39 is 5.97 Å². The standard InChI is InChI=1S/C11H14N4O3/c1-5-8-6(14-15-11(12)13)3-2-4-7(8)18-9(5)10(16)17/h2-4H2,1H3,(H,16,17)(H4,12,13,15)/b14-6+. The minimum Gasteiger partial charge on any atom is -0.475 e. The number of hydrogen-bond acceptors (Lipinski definition) is 4. The molecule has 1 aromatic heterocycles. The zero-order chi connectivity index (χ0) is 13.3. The number of carboxylic acids is 1. The van der Waals surface area contributed by atoms with Crippen molar-refractivity contribution in [2.75, 3.05) is 0 Å². The van der Waals surface area contributed by atoms with Crippen molar-refractivity contribution in [3.8, 4) is 0 Å². The molecule has 0 fully saturated rings. The quantitative estimate of drug-likeness (QED) is 0.402. The molecule has 0 radical (unpaired) electrons. The van der Waals surface area contributed by atoms with Gasteiger partial charge in [-0.2, -0.15) is 5.10 Å². The second-order valence-corrected chi connectivity index (χ2v) is 4.08. The van der Waals surface area contributed by atoms with E-state index >= 15 is 0 Å². The molecule has 1 aliphatic rings. The molecule has 0 spiro atoms. The van der Waals surface area contributed by atoms with Crippen molar-refractivity contribution in [1.82, 2.24) is 0 Å². The molecule has 18 heavy (non-hydrogen) atoms. The molecule has 1 heterocycles. The van der Waals surface area contributed by atoms with E-state index in [9.17, 15) is 4.79 Å². The van der Waals surface area contributed by atoms with Crippen molar-refractivity contribution >= 4 is 17.6 Å². The third kappa shape index (κ3) is 2.06. The highest BCUT2D eigenvalue weighted by atomic mass is 16.4. The Morgan fingerprint density at radius 2 is 2.11 bits per heavy atom. The lowest BCUT2D eigenvalue weighted by Crippen LogP contribution is -2.22. The molecule has 0 amide bonds. The SMILES string of the molecule is Cc1c(C(=O)O)oc2c1/C(=N/N=C(N)N)CCC2. The highest BCUT2D eigenvalue weighted by Crippen LogP contribution is 2.29. The van der Waals surface area contributed by atoms with Gasteiger partial charge in [0.25, 0.3) is 0 Å². The van der Waals surface area contributed by atoms with E-state index in [4.69, 9.17) is 21.0 Å². The van der Waals surface area contributed by atoms with E-state index in [1.165, 1.54) is 0 Å². The highest BCUT2D eigenvalue weighted by molar-refractivity contribution is 6.05. The van der Waals surface area contributed by atoms with E-state index in [2.05, 4.69) is 10.2 Å². The van der Waals surface area contributed by atoms with Gasteiger partial charge in [0.05, 0.1) is 5.71 Å². The molecule has 1 aromatic rings. The van der Waals surface area contributed by atoms with Gasteiger partial charge in [-0.1, -0.05) is 0 Å². The minimum absolute atomic E-state index is 0.0423. The first-order valence-corrected chi connectivity index (χ1v) is 5.52. The van der Waals surface area contributed by atoms with Gasteiger partial charge in [-0.15, -0.1) is 5.10 Å². The number of nitrogens with two attached hydrogens (primary N) is 2. The number of carboxylic acid groups (broad SMARTS) is 1. The van der Waals surface area contributed by atoms with Crippen LogP contribution in [-0.2, 0) is 6.42 Å². The maximum Gasteiger partial charge on any atom is 0.372 e. The van der Waals surface area contributed by atoms with Crippen molar-refractivity contribution in [3.63, 3.8) is 0 Å². The molecule has 2 rings (SSSR count). The highest BCUT2D eigenvalue weighted by Gasteiger charge is 2.27. The first-order valence-electron chi connectivity index (χ1n) is 5.52. The van der Waals surface area contributed by atoms with Gasteiger partial charge < -0.3 is 21.0 Å². The number of rotatable bonds is 2. The van der Waals surface area contributed by atoms with Crippen LogP contribution in [0.25, 0.3) is 0 Å². The minimum atomic E-state index is -1.08. The van der Waals surface area contributed by atoms with Crippen molar-refractivity contribution in [3.05, 3.63) is 22.6 Å². The average molecular weight is 250 g/mol. The van der Waals surface area contributed by atoms with Crippen LogP contribution in [0.4, 0.5) is 0 Å². The van der Waals surface area contributed by atoms with Gasteiger partial charge >= 0.3 is 5.97 Å². The normalized spacial score (nSPS) is 16.4. The molecule has 96 valence electrons. The Kier molecular flexibility index (Phi) is 3.05. The monoisotopic (exact) mass is 250 g/mol. The summed E-state index contributed by atoms with van der Waals surface area (Å²) in [4.78, 5) is 11.0. The summed E-state index contributed by atoms with van der Waals surface area (Å²) < 4.78 is 5.34. The van der Waals surface area contributed by atoms with Crippen LogP contribution in [0, 0.1) is 6.92 Å². The fourth-order valence-electron chi connectivity index (χ4n) is 2.09. The Balaban J connectivity index is 2.52. The second kappa shape index (κ2) is 4.52. The lowest BCUT2D eigenvalue weighted by molar-refractivity contribution is 0.0659. The van der Waals surface area contributed by atoms with Crippen molar-refractivity contribution in [2.45, 2.75) is 26.2 Å². The van der Waals surface area contributed by atoms with Crippen LogP contribution in [0.2, 0.25) is 0 Å². The summed E-state index contributed by atoms with van der Waals surface area (Å²) in [7, 11) is 0. The molecule has 7 nitrogen and oxygen atoms in total. The number of aromatic carboxylic acids is 1. The molecule has 0 aromatic carbocycles. The summed E-state index contributed by atoms with van der Waals surface area (Å²) >= 11 is 0. The Hall–Kier alpha value is -2.31. The molecule has 0 unspecified atom stereocenters. The molecular weight excluding hydrogens is 236 g/mol. The van der Waals surface area contributed by atoms with Crippen molar-refractivity contribution < 1.29 is 14.3 Å². The van der Waals surface area contributed by atoms with Crippen LogP contribution < -0.4 is 11.5 Å². The van der Waals surface area contributed by atoms with Gasteiger partial charge in [0, 0.05) is 17.5 Å². The van der Waals surface area contributed by atoms with E-state index in [1.54, 1.807) is 6.92 Å². The summed E-state index contributed by atoms with van der Waals surface area (Å²) in [5.41, 5.74) is 12.4. The topological polar surface area (TPSA) is 127 Å². The van der Waals surface area contributed by atoms with Crippen LogP contribution in [0.5, 0.6) is 0 Å². The van der Waals surface area contributed by atoms with Gasteiger partial charge in [0.1, 0.15) is 5.76 Å². The summed E-state index contributed by atoms with van der Waals surface area (Å²) in [6.07, 6.45) is 2.23. The molecule has 7 heteroatoms. The largest absolute Gasteiger partial charge is 0.475 e. The van der Waals surface area contributed by atoms with E-state index in [0.717, 1.165) is 12.0 Å². The molecule has 0 atom stereocenters. The van der Waals surface area contributed by atoms with Gasteiger partial charge in [-0.25, -0.2) is 4.79 Å². The molecule has 1 aliphatic carbocycles. The number of hydrogen-bond donors (Lipinski definition) is 3. The number of fused-ring (bicyclic) bond motifs is 1. The van der Waals surface area contributed by atoms with E-state index in [1.807, 2.05) is 0 Å². The molecule has 0 aliphatic heterocycles. The van der Waals surface area contributed by atoms with Crippen LogP contribution in [-0.4, -0.2) is 22.7 Å². The van der Waals surface area contributed by atoms with Crippen LogP contribution >= 0.6 is 0 Å². The molecular formula is C11H14N4O3. The molecule has 0 bridgehead atoms. The molecule has 5 N–H and O–H groups in total. The summed E-state index contributed by atoms with van der Waals surface area (Å²) in [6.45, 7) is 1.70. The van der Waals surface area contributed by atoms with Crippen LogP contribution in [0.15, 0.2) is 14.6 Å². The van der Waals surface area contributed by atoms with Gasteiger partial charge in [0.15, 0.2) is 0 Å². The summed E-state index contributed by atoms with van der Waals surface area (Å²) in [5, 5.41) is 16.6. The number of guanidine groups is 1. The molecule has 0 saturated heterocycles. The Morgan fingerprint density at radius 1 is 1.39 bits per heavy atom. The molecule has 0 saturated carbocycles. The third-order valence-electron chi connectivity index (χ3n) is 2.81.